The summed E-state index contributed by atoms with van der Waals surface area (Å²) in [6.07, 6.45) is 0. The van der Waals surface area contributed by atoms with Gasteiger partial charge < -0.3 is 19.8 Å². The molecule has 0 aliphatic carbocycles. The first-order chi connectivity index (χ1) is 10.7. The van der Waals surface area contributed by atoms with Crippen molar-refractivity contribution in [3.8, 4) is 22.2 Å². The molecule has 1 aliphatic rings. The third-order valence-corrected chi connectivity index (χ3v) is 4.46. The number of ether oxygens (including phenoxy) is 2. The SMILES string of the molecule is NC(=S)Cn1c(-c2cccs2)nc2cc3c(cc21)OCCO3. The zero-order chi connectivity index (χ0) is 15.1. The van der Waals surface area contributed by atoms with Crippen molar-refractivity contribution in [1.29, 1.82) is 0 Å². The van der Waals surface area contributed by atoms with Gasteiger partial charge in [0.2, 0.25) is 0 Å². The van der Waals surface area contributed by atoms with Crippen LogP contribution in [0.1, 0.15) is 0 Å². The molecule has 0 spiro atoms. The van der Waals surface area contributed by atoms with Crippen LogP contribution < -0.4 is 15.2 Å². The van der Waals surface area contributed by atoms with Crippen molar-refractivity contribution in [1.82, 2.24) is 9.55 Å². The van der Waals surface area contributed by atoms with Gasteiger partial charge in [0.25, 0.3) is 0 Å². The van der Waals surface area contributed by atoms with Crippen LogP contribution in [0.15, 0.2) is 29.6 Å². The minimum atomic E-state index is 0.423. The van der Waals surface area contributed by atoms with Gasteiger partial charge in [0.15, 0.2) is 17.3 Å². The Hall–Kier alpha value is -2.12. The van der Waals surface area contributed by atoms with Gasteiger partial charge >= 0.3 is 0 Å². The Labute approximate surface area is 136 Å². The summed E-state index contributed by atoms with van der Waals surface area (Å²) in [7, 11) is 0. The molecule has 7 heteroatoms. The number of thiocarbonyl (C=S) groups is 1. The largest absolute Gasteiger partial charge is 0.486 e. The predicted molar refractivity (Wildman–Crippen MR) is 90.8 cm³/mol. The van der Waals surface area contributed by atoms with Crippen LogP contribution in [0.4, 0.5) is 0 Å². The van der Waals surface area contributed by atoms with Crippen molar-refractivity contribution >= 4 is 39.6 Å². The zero-order valence-electron chi connectivity index (χ0n) is 11.6. The molecule has 3 heterocycles. The highest BCUT2D eigenvalue weighted by atomic mass is 32.1. The Morgan fingerprint density at radius 2 is 2.09 bits per heavy atom. The normalized spacial score (nSPS) is 13.5. The molecule has 0 saturated heterocycles. The standard InChI is InChI=1S/C15H13N3O2S2/c16-14(21)8-18-10-7-12-11(19-3-4-20-12)6-9(10)17-15(18)13-2-1-5-22-13/h1-2,5-7H,3-4,8H2,(H2,16,21). The van der Waals surface area contributed by atoms with Crippen molar-refractivity contribution < 1.29 is 9.47 Å². The van der Waals surface area contributed by atoms with Gasteiger partial charge in [0.1, 0.15) is 13.2 Å². The predicted octanol–water partition coefficient (Wildman–Crippen LogP) is 2.82. The van der Waals surface area contributed by atoms with Crippen LogP contribution in [0.25, 0.3) is 21.7 Å². The van der Waals surface area contributed by atoms with E-state index < -0.39 is 0 Å². The summed E-state index contributed by atoms with van der Waals surface area (Å²) in [5.41, 5.74) is 7.56. The number of fused-ring (bicyclic) bond motifs is 2. The minimum absolute atomic E-state index is 0.423. The Morgan fingerprint density at radius 1 is 1.32 bits per heavy atom. The van der Waals surface area contributed by atoms with Crippen LogP contribution in [0.3, 0.4) is 0 Å². The Balaban J connectivity index is 1.96. The highest BCUT2D eigenvalue weighted by molar-refractivity contribution is 7.80. The summed E-state index contributed by atoms with van der Waals surface area (Å²) in [5, 5.41) is 2.02. The number of nitrogens with zero attached hydrogens (tertiary/aromatic N) is 2. The van der Waals surface area contributed by atoms with Gasteiger partial charge in [-0.05, 0) is 11.4 Å². The molecule has 0 fully saturated rings. The highest BCUT2D eigenvalue weighted by Crippen LogP contribution is 2.37. The van der Waals surface area contributed by atoms with Gasteiger partial charge in [-0.15, -0.1) is 11.3 Å². The molecule has 2 N–H and O–H groups in total. The fraction of sp³-hybridized carbons (Fsp3) is 0.200. The average Bonchev–Trinajstić information content (AvgIpc) is 3.13. The first-order valence-electron chi connectivity index (χ1n) is 6.84. The molecule has 22 heavy (non-hydrogen) atoms. The van der Waals surface area contributed by atoms with Crippen molar-refractivity contribution in [2.75, 3.05) is 13.2 Å². The van der Waals surface area contributed by atoms with Crippen LogP contribution in [0.2, 0.25) is 0 Å². The molecular formula is C15H13N3O2S2. The summed E-state index contributed by atoms with van der Waals surface area (Å²) < 4.78 is 13.3. The molecule has 2 aromatic heterocycles. The number of imidazole rings is 1. The number of thiophene rings is 1. The molecule has 0 atom stereocenters. The summed E-state index contributed by atoms with van der Waals surface area (Å²) in [5.74, 6) is 2.33. The molecule has 0 bridgehead atoms. The molecule has 0 amide bonds. The fourth-order valence-electron chi connectivity index (χ4n) is 2.57. The lowest BCUT2D eigenvalue weighted by molar-refractivity contribution is 0.172. The molecular weight excluding hydrogens is 318 g/mol. The van der Waals surface area contributed by atoms with E-state index in [1.165, 1.54) is 0 Å². The molecule has 4 rings (SSSR count). The summed E-state index contributed by atoms with van der Waals surface area (Å²) in [4.78, 5) is 6.24. The molecule has 1 aromatic carbocycles. The molecule has 0 saturated carbocycles. The van der Waals surface area contributed by atoms with Gasteiger partial charge in [0.05, 0.1) is 27.4 Å². The van der Waals surface area contributed by atoms with E-state index in [0.717, 1.165) is 33.2 Å². The van der Waals surface area contributed by atoms with Crippen LogP contribution in [0.5, 0.6) is 11.5 Å². The second-order valence-electron chi connectivity index (χ2n) is 4.95. The first kappa shape index (κ1) is 13.5. The highest BCUT2D eigenvalue weighted by Gasteiger charge is 2.19. The van der Waals surface area contributed by atoms with Crippen LogP contribution in [-0.2, 0) is 6.54 Å². The minimum Gasteiger partial charge on any atom is -0.486 e. The van der Waals surface area contributed by atoms with E-state index >= 15 is 0 Å². The van der Waals surface area contributed by atoms with Gasteiger partial charge in [-0.25, -0.2) is 4.98 Å². The van der Waals surface area contributed by atoms with Crippen LogP contribution >= 0.6 is 23.6 Å². The number of hydrogen-bond donors (Lipinski definition) is 1. The maximum atomic E-state index is 5.77. The number of nitrogens with two attached hydrogens (primary N) is 1. The lowest BCUT2D eigenvalue weighted by Crippen LogP contribution is -2.17. The number of aromatic nitrogens is 2. The second-order valence-corrected chi connectivity index (χ2v) is 6.42. The lowest BCUT2D eigenvalue weighted by atomic mass is 10.2. The zero-order valence-corrected chi connectivity index (χ0v) is 13.2. The monoisotopic (exact) mass is 331 g/mol. The quantitative estimate of drug-likeness (QED) is 0.748. The molecule has 1 aliphatic heterocycles. The molecule has 3 aromatic rings. The van der Waals surface area contributed by atoms with Crippen LogP contribution in [-0.4, -0.2) is 27.8 Å². The molecule has 0 radical (unpaired) electrons. The third-order valence-electron chi connectivity index (χ3n) is 3.47. The van der Waals surface area contributed by atoms with E-state index in [1.54, 1.807) is 11.3 Å². The Kier molecular flexibility index (Phi) is 3.24. The lowest BCUT2D eigenvalue weighted by Gasteiger charge is -2.18. The third kappa shape index (κ3) is 2.22. The number of hydrogen-bond acceptors (Lipinski definition) is 5. The van der Waals surface area contributed by atoms with E-state index in [9.17, 15) is 0 Å². The Morgan fingerprint density at radius 3 is 2.77 bits per heavy atom. The van der Waals surface area contributed by atoms with Crippen LogP contribution in [0, 0.1) is 0 Å². The van der Waals surface area contributed by atoms with E-state index in [-0.39, 0.29) is 0 Å². The number of rotatable bonds is 3. The number of benzene rings is 1. The van der Waals surface area contributed by atoms with Crippen molar-refractivity contribution in [3.63, 3.8) is 0 Å². The summed E-state index contributed by atoms with van der Waals surface area (Å²) in [6, 6.07) is 7.90. The smallest absolute Gasteiger partial charge is 0.163 e. The van der Waals surface area contributed by atoms with E-state index in [2.05, 4.69) is 0 Å². The second kappa shape index (κ2) is 5.26. The molecule has 5 nitrogen and oxygen atoms in total. The topological polar surface area (TPSA) is 62.3 Å². The van der Waals surface area contributed by atoms with E-state index in [1.807, 2.05) is 34.2 Å². The van der Waals surface area contributed by atoms with E-state index in [0.29, 0.717) is 24.7 Å². The average molecular weight is 331 g/mol. The van der Waals surface area contributed by atoms with Crippen molar-refractivity contribution in [3.05, 3.63) is 29.6 Å². The maximum absolute atomic E-state index is 5.77. The fourth-order valence-corrected chi connectivity index (χ4v) is 3.42. The van der Waals surface area contributed by atoms with E-state index in [4.69, 9.17) is 32.4 Å². The Bertz CT molecular complexity index is 855. The molecule has 0 unspecified atom stereocenters. The summed E-state index contributed by atoms with van der Waals surface area (Å²) in [6.45, 7) is 1.56. The summed E-state index contributed by atoms with van der Waals surface area (Å²) >= 11 is 6.73. The van der Waals surface area contributed by atoms with Gasteiger partial charge in [-0.1, -0.05) is 18.3 Å². The first-order valence-corrected chi connectivity index (χ1v) is 8.13. The van der Waals surface area contributed by atoms with Crippen molar-refractivity contribution in [2.45, 2.75) is 6.54 Å². The van der Waals surface area contributed by atoms with Gasteiger partial charge in [0, 0.05) is 12.1 Å². The maximum Gasteiger partial charge on any atom is 0.163 e. The van der Waals surface area contributed by atoms with Gasteiger partial charge in [-0.2, -0.15) is 0 Å². The van der Waals surface area contributed by atoms with Gasteiger partial charge in [-0.3, -0.25) is 0 Å². The molecule has 112 valence electrons. The van der Waals surface area contributed by atoms with Crippen molar-refractivity contribution in [2.24, 2.45) is 5.73 Å².